The average molecular weight is 107 g/mol. The van der Waals surface area contributed by atoms with Crippen molar-refractivity contribution in [3.63, 3.8) is 0 Å². The minimum atomic E-state index is -0.807. The van der Waals surface area contributed by atoms with E-state index in [0.29, 0.717) is 0 Å². The molecule has 0 aliphatic carbocycles. The highest BCUT2D eigenvalue weighted by Crippen LogP contribution is 1.78. The van der Waals surface area contributed by atoms with Gasteiger partial charge in [0.15, 0.2) is 8.80 Å². The lowest BCUT2D eigenvalue weighted by atomic mass is 11.2. The molecule has 1 radical (unpaired) electrons. The number of hydrogen-bond donors (Lipinski definition) is 0. The van der Waals surface area contributed by atoms with E-state index < -0.39 is 8.80 Å². The van der Waals surface area contributed by atoms with Gasteiger partial charge >= 0.3 is 0 Å². The number of terminal acetylenes is 1. The number of rotatable bonds is 2. The Bertz CT molecular complexity index is 99.8. The van der Waals surface area contributed by atoms with E-state index in [1.54, 1.807) is 11.4 Å². The summed E-state index contributed by atoms with van der Waals surface area (Å²) in [6.45, 7) is 7.07. The summed E-state index contributed by atoms with van der Waals surface area (Å²) in [5.74, 6) is 0. The van der Waals surface area contributed by atoms with Crippen molar-refractivity contribution in [3.8, 4) is 12.0 Å². The monoisotopic (exact) mass is 107 g/mol. The molecular weight excluding hydrogens is 100 g/mol. The first-order valence-corrected chi connectivity index (χ1v) is 3.59. The van der Waals surface area contributed by atoms with E-state index in [2.05, 4.69) is 18.7 Å². The first-order chi connectivity index (χ1) is 3.35. The van der Waals surface area contributed by atoms with E-state index in [0.717, 1.165) is 0 Å². The quantitative estimate of drug-likeness (QED) is 0.366. The van der Waals surface area contributed by atoms with Gasteiger partial charge in [-0.15, -0.1) is 25.1 Å². The molecule has 0 fully saturated rings. The molecule has 0 saturated carbocycles. The molecule has 7 heavy (non-hydrogen) atoms. The number of hydrogen-bond acceptors (Lipinski definition) is 0. The molecule has 0 atom stereocenters. The van der Waals surface area contributed by atoms with Gasteiger partial charge in [-0.05, 0) is 0 Å². The van der Waals surface area contributed by atoms with Crippen LogP contribution in [0.1, 0.15) is 0 Å². The Morgan fingerprint density at radius 2 is 1.86 bits per heavy atom. The molecule has 0 rings (SSSR count). The van der Waals surface area contributed by atoms with Crippen molar-refractivity contribution in [1.82, 2.24) is 0 Å². The van der Waals surface area contributed by atoms with Crippen LogP contribution in [0.25, 0.3) is 0 Å². The van der Waals surface area contributed by atoms with Gasteiger partial charge in [0.1, 0.15) is 0 Å². The van der Waals surface area contributed by atoms with Gasteiger partial charge in [0.05, 0.1) is 0 Å². The van der Waals surface area contributed by atoms with Gasteiger partial charge in [-0.1, -0.05) is 11.4 Å². The SMILES string of the molecule is C#C[Si](C=C)C=C. The van der Waals surface area contributed by atoms with Gasteiger partial charge in [0.25, 0.3) is 0 Å². The Morgan fingerprint density at radius 3 is 1.86 bits per heavy atom. The first-order valence-electron chi connectivity index (χ1n) is 1.93. The van der Waals surface area contributed by atoms with Crippen LogP contribution in [0, 0.1) is 12.0 Å². The summed E-state index contributed by atoms with van der Waals surface area (Å²) in [5, 5.41) is 0. The zero-order valence-electron chi connectivity index (χ0n) is 4.15. The summed E-state index contributed by atoms with van der Waals surface area (Å²) < 4.78 is 0. The second-order valence-electron chi connectivity index (χ2n) is 1.01. The van der Waals surface area contributed by atoms with Crippen molar-refractivity contribution in [2.45, 2.75) is 0 Å². The van der Waals surface area contributed by atoms with Crippen LogP contribution in [0.2, 0.25) is 0 Å². The van der Waals surface area contributed by atoms with Crippen molar-refractivity contribution in [2.75, 3.05) is 0 Å². The Kier molecular flexibility index (Phi) is 3.08. The molecule has 0 saturated heterocycles. The molecule has 0 N–H and O–H groups in total. The van der Waals surface area contributed by atoms with Gasteiger partial charge in [-0.25, -0.2) is 0 Å². The fraction of sp³-hybridized carbons (Fsp3) is 0. The van der Waals surface area contributed by atoms with E-state index in [1.807, 2.05) is 0 Å². The third-order valence-electron chi connectivity index (χ3n) is 0.606. The van der Waals surface area contributed by atoms with Crippen LogP contribution in [-0.2, 0) is 0 Å². The molecule has 0 aromatic heterocycles. The van der Waals surface area contributed by atoms with E-state index in [9.17, 15) is 0 Å². The van der Waals surface area contributed by atoms with Crippen molar-refractivity contribution in [1.29, 1.82) is 0 Å². The summed E-state index contributed by atoms with van der Waals surface area (Å²) in [7, 11) is -0.807. The van der Waals surface area contributed by atoms with Crippen LogP contribution in [0.4, 0.5) is 0 Å². The molecule has 0 aliphatic heterocycles. The largest absolute Gasteiger partial charge is 0.196 e. The fourth-order valence-electron chi connectivity index (χ4n) is 0.201. The summed E-state index contributed by atoms with van der Waals surface area (Å²) >= 11 is 0. The lowest BCUT2D eigenvalue weighted by molar-refractivity contribution is 2.34. The van der Waals surface area contributed by atoms with Gasteiger partial charge in [0.2, 0.25) is 0 Å². The zero-order valence-corrected chi connectivity index (χ0v) is 5.15. The maximum absolute atomic E-state index is 5.05. The molecule has 0 aromatic carbocycles. The van der Waals surface area contributed by atoms with Crippen LogP contribution in [0.5, 0.6) is 0 Å². The molecule has 0 spiro atoms. The molecule has 0 unspecified atom stereocenters. The van der Waals surface area contributed by atoms with Crippen LogP contribution >= 0.6 is 0 Å². The molecule has 35 valence electrons. The maximum atomic E-state index is 5.05. The van der Waals surface area contributed by atoms with E-state index in [4.69, 9.17) is 6.42 Å². The summed E-state index contributed by atoms with van der Waals surface area (Å²) in [6.07, 6.45) is 5.05. The summed E-state index contributed by atoms with van der Waals surface area (Å²) in [5.41, 5.74) is 6.12. The molecule has 0 aliphatic rings. The highest BCUT2D eigenvalue weighted by Gasteiger charge is 1.89. The van der Waals surface area contributed by atoms with E-state index in [-0.39, 0.29) is 0 Å². The Morgan fingerprint density at radius 1 is 1.43 bits per heavy atom. The van der Waals surface area contributed by atoms with E-state index in [1.165, 1.54) is 0 Å². The Balaban J connectivity index is 3.65. The smallest absolute Gasteiger partial charge is 0.127 e. The van der Waals surface area contributed by atoms with Crippen molar-refractivity contribution < 1.29 is 0 Å². The van der Waals surface area contributed by atoms with Crippen molar-refractivity contribution in [2.24, 2.45) is 0 Å². The summed E-state index contributed by atoms with van der Waals surface area (Å²) in [4.78, 5) is 0. The standard InChI is InChI=1S/C6H7Si/c1-4-7(5-2)6-3/h1,5-6H,2-3H2. The highest BCUT2D eigenvalue weighted by atomic mass is 28.3. The third-order valence-corrected chi connectivity index (χ3v) is 1.82. The molecule has 0 amide bonds. The molecule has 1 heteroatoms. The van der Waals surface area contributed by atoms with Gasteiger partial charge in [-0.3, -0.25) is 0 Å². The first kappa shape index (κ1) is 6.26. The topological polar surface area (TPSA) is 0 Å². The zero-order chi connectivity index (χ0) is 5.70. The fourth-order valence-corrected chi connectivity index (χ4v) is 0.604. The molecule has 0 nitrogen and oxygen atoms in total. The minimum absolute atomic E-state index is 0.807. The minimum Gasteiger partial charge on any atom is -0.127 e. The van der Waals surface area contributed by atoms with Crippen LogP contribution < -0.4 is 0 Å². The molecule has 0 aromatic rings. The van der Waals surface area contributed by atoms with Crippen molar-refractivity contribution >= 4 is 8.80 Å². The highest BCUT2D eigenvalue weighted by molar-refractivity contribution is 6.76. The Labute approximate surface area is 46.2 Å². The second-order valence-corrected chi connectivity index (χ2v) is 3.02. The predicted octanol–water partition coefficient (Wildman–Crippen LogP) is 1.10. The lowest BCUT2D eigenvalue weighted by Gasteiger charge is -1.83. The average Bonchev–Trinajstić information content (AvgIpc) is 1.72. The normalized spacial score (nSPS) is 7.43. The lowest BCUT2D eigenvalue weighted by Crippen LogP contribution is -1.98. The summed E-state index contributed by atoms with van der Waals surface area (Å²) in [6, 6.07) is 0. The molecule has 0 heterocycles. The Hall–Kier alpha value is -0.743. The van der Waals surface area contributed by atoms with Crippen LogP contribution in [0.3, 0.4) is 0 Å². The maximum Gasteiger partial charge on any atom is 0.196 e. The van der Waals surface area contributed by atoms with Crippen LogP contribution in [-0.4, -0.2) is 8.80 Å². The van der Waals surface area contributed by atoms with Crippen molar-refractivity contribution in [3.05, 3.63) is 24.6 Å². The van der Waals surface area contributed by atoms with Gasteiger partial charge in [-0.2, -0.15) is 0 Å². The molecule has 0 bridgehead atoms. The predicted molar refractivity (Wildman–Crippen MR) is 35.0 cm³/mol. The molecular formula is C6H7Si. The van der Waals surface area contributed by atoms with Gasteiger partial charge in [0, 0.05) is 0 Å². The van der Waals surface area contributed by atoms with Gasteiger partial charge < -0.3 is 0 Å². The third kappa shape index (κ3) is 2.02. The van der Waals surface area contributed by atoms with E-state index >= 15 is 0 Å². The van der Waals surface area contributed by atoms with Crippen LogP contribution in [0.15, 0.2) is 24.6 Å². The second kappa shape index (κ2) is 3.45.